The maximum Gasteiger partial charge on any atom is 0.0893 e. The fourth-order valence-electron chi connectivity index (χ4n) is 9.43. The van der Waals surface area contributed by atoms with Gasteiger partial charge in [-0.25, -0.2) is 15.0 Å². The van der Waals surface area contributed by atoms with E-state index in [2.05, 4.69) is 202 Å². The van der Waals surface area contributed by atoms with Gasteiger partial charge in [0.05, 0.1) is 51.2 Å². The molecule has 0 unspecified atom stereocenters. The summed E-state index contributed by atoms with van der Waals surface area (Å²) >= 11 is 0. The molecule has 344 valence electrons. The Morgan fingerprint density at radius 2 is 0.479 bits per heavy atom. The van der Waals surface area contributed by atoms with E-state index >= 15 is 0 Å². The van der Waals surface area contributed by atoms with E-state index in [0.717, 1.165) is 118 Å². The van der Waals surface area contributed by atoms with E-state index in [-0.39, 0.29) is 0 Å². The molecule has 6 aromatic heterocycles. The first kappa shape index (κ1) is 44.2. The summed E-state index contributed by atoms with van der Waals surface area (Å²) in [5, 5.41) is 0. The minimum Gasteiger partial charge on any atom is -0.310 e. The number of rotatable bonds is 12. The molecule has 0 aliphatic rings. The number of anilines is 3. The highest BCUT2D eigenvalue weighted by atomic mass is 15.1. The zero-order chi connectivity index (χ0) is 48.8. The van der Waals surface area contributed by atoms with Gasteiger partial charge in [0.25, 0.3) is 0 Å². The molecule has 0 saturated heterocycles. The maximum absolute atomic E-state index is 5.21. The van der Waals surface area contributed by atoms with Crippen molar-refractivity contribution in [3.8, 4) is 101 Å². The molecule has 0 aliphatic carbocycles. The van der Waals surface area contributed by atoms with Crippen LogP contribution in [0.25, 0.3) is 101 Å². The number of nitrogens with zero attached hydrogens (tertiary/aromatic N) is 7. The molecule has 0 fully saturated rings. The Labute approximate surface area is 424 Å². The minimum atomic E-state index is 0.810. The van der Waals surface area contributed by atoms with Crippen LogP contribution in [0.2, 0.25) is 0 Å². The van der Waals surface area contributed by atoms with Crippen LogP contribution in [0, 0.1) is 0 Å². The van der Waals surface area contributed by atoms with E-state index in [1.165, 1.54) is 0 Å². The lowest BCUT2D eigenvalue weighted by Gasteiger charge is -2.29. The molecule has 0 amide bonds. The van der Waals surface area contributed by atoms with Crippen molar-refractivity contribution in [1.82, 2.24) is 29.9 Å². The number of hydrogen-bond donors (Lipinski definition) is 0. The lowest BCUT2D eigenvalue weighted by molar-refractivity contribution is 1.24. The van der Waals surface area contributed by atoms with Gasteiger partial charge in [-0.1, -0.05) is 146 Å². The first-order chi connectivity index (χ1) is 36.2. The second-order valence-electron chi connectivity index (χ2n) is 17.5. The predicted molar refractivity (Wildman–Crippen MR) is 297 cm³/mol. The quantitative estimate of drug-likeness (QED) is 0.121. The summed E-state index contributed by atoms with van der Waals surface area (Å²) in [7, 11) is 0. The van der Waals surface area contributed by atoms with Crippen molar-refractivity contribution in [2.24, 2.45) is 0 Å². The van der Waals surface area contributed by atoms with Gasteiger partial charge in [-0.2, -0.15) is 0 Å². The van der Waals surface area contributed by atoms with Crippen molar-refractivity contribution in [3.05, 3.63) is 273 Å². The van der Waals surface area contributed by atoms with Gasteiger partial charge in [-0.05, 0) is 143 Å². The lowest BCUT2D eigenvalue weighted by atomic mass is 9.93. The van der Waals surface area contributed by atoms with Gasteiger partial charge in [-0.15, -0.1) is 0 Å². The van der Waals surface area contributed by atoms with Crippen molar-refractivity contribution < 1.29 is 0 Å². The summed E-state index contributed by atoms with van der Waals surface area (Å²) in [5.74, 6) is 0. The summed E-state index contributed by atoms with van der Waals surface area (Å²) in [6.45, 7) is 0. The van der Waals surface area contributed by atoms with Crippen LogP contribution in [-0.4, -0.2) is 29.9 Å². The molecular formula is C66H45N7. The highest BCUT2D eigenvalue weighted by Gasteiger charge is 2.22. The lowest BCUT2D eigenvalue weighted by Crippen LogP contribution is -2.11. The van der Waals surface area contributed by atoms with Gasteiger partial charge < -0.3 is 4.90 Å². The van der Waals surface area contributed by atoms with E-state index < -0.39 is 0 Å². The summed E-state index contributed by atoms with van der Waals surface area (Å²) in [5.41, 5.74) is 19.7. The topological polar surface area (TPSA) is 80.6 Å². The molecule has 73 heavy (non-hydrogen) atoms. The molecule has 0 spiro atoms. The van der Waals surface area contributed by atoms with Crippen LogP contribution >= 0.6 is 0 Å². The largest absolute Gasteiger partial charge is 0.310 e. The van der Waals surface area contributed by atoms with E-state index in [0.29, 0.717) is 0 Å². The molecule has 0 N–H and O–H groups in total. The van der Waals surface area contributed by atoms with Gasteiger partial charge in [0.2, 0.25) is 0 Å². The molecule has 0 bridgehead atoms. The van der Waals surface area contributed by atoms with Crippen LogP contribution in [0.3, 0.4) is 0 Å². The molecule has 0 saturated carbocycles. The standard InChI is InChI=1S/C66H45N7/c1-4-19-46(20-5-1)55-43-49(34-37-52(55)58-28-16-31-64(70-58)61-25-10-13-40-67-61)73(50-35-38-53(56(44-50)47-21-6-2-7-22-47)59-29-17-32-65(71-59)62-26-11-14-41-68-62)51-36-39-54(57(45-51)48-23-8-3-9-24-48)60-30-18-33-66(72-60)63-27-12-15-42-69-63/h1-45H. The second-order valence-corrected chi connectivity index (χ2v) is 17.5. The highest BCUT2D eigenvalue weighted by molar-refractivity contribution is 5.94. The maximum atomic E-state index is 5.21. The Morgan fingerprint density at radius 1 is 0.205 bits per heavy atom. The molecule has 0 aliphatic heterocycles. The molecule has 7 nitrogen and oxygen atoms in total. The van der Waals surface area contributed by atoms with Crippen molar-refractivity contribution in [2.75, 3.05) is 4.90 Å². The number of benzene rings is 6. The molecule has 0 radical (unpaired) electrons. The van der Waals surface area contributed by atoms with Crippen molar-refractivity contribution in [1.29, 1.82) is 0 Å². The van der Waals surface area contributed by atoms with Crippen molar-refractivity contribution in [3.63, 3.8) is 0 Å². The first-order valence-corrected chi connectivity index (χ1v) is 24.3. The second kappa shape index (κ2) is 20.2. The Hall–Kier alpha value is -9.98. The molecule has 6 heterocycles. The SMILES string of the molecule is c1ccc(-c2cc(N(c3ccc(-c4cccc(-c5ccccn5)n4)c(-c4ccccc4)c3)c3ccc(-c4cccc(-c5ccccn5)n4)c(-c4ccccc4)c3)ccc2-c2cccc(-c3ccccn3)n2)cc1. The van der Waals surface area contributed by atoms with E-state index in [1.54, 1.807) is 18.6 Å². The van der Waals surface area contributed by atoms with Crippen molar-refractivity contribution >= 4 is 17.1 Å². The third-order valence-electron chi connectivity index (χ3n) is 12.9. The van der Waals surface area contributed by atoms with Crippen LogP contribution in [0.15, 0.2) is 273 Å². The van der Waals surface area contributed by atoms with Crippen molar-refractivity contribution in [2.45, 2.75) is 0 Å². The zero-order valence-electron chi connectivity index (χ0n) is 39.6. The summed E-state index contributed by atoms with van der Waals surface area (Å²) in [6, 6.07) is 88.0. The molecule has 7 heteroatoms. The molecule has 6 aromatic carbocycles. The third kappa shape index (κ3) is 9.30. The average molecular weight is 936 g/mol. The molecule has 0 atom stereocenters. The highest BCUT2D eigenvalue weighted by Crippen LogP contribution is 2.46. The van der Waals surface area contributed by atoms with Gasteiger partial charge in [0.15, 0.2) is 0 Å². The summed E-state index contributed by atoms with van der Waals surface area (Å²) < 4.78 is 0. The molecular weight excluding hydrogens is 891 g/mol. The number of pyridine rings is 6. The fraction of sp³-hybridized carbons (Fsp3) is 0. The normalized spacial score (nSPS) is 11.0. The van der Waals surface area contributed by atoms with E-state index in [4.69, 9.17) is 15.0 Å². The van der Waals surface area contributed by atoms with Gasteiger partial charge in [0, 0.05) is 52.3 Å². The Morgan fingerprint density at radius 3 is 0.767 bits per heavy atom. The summed E-state index contributed by atoms with van der Waals surface area (Å²) in [6.07, 6.45) is 5.42. The van der Waals surface area contributed by atoms with Gasteiger partial charge >= 0.3 is 0 Å². The summed E-state index contributed by atoms with van der Waals surface area (Å²) in [4.78, 5) is 31.9. The van der Waals surface area contributed by atoms with E-state index in [9.17, 15) is 0 Å². The average Bonchev–Trinajstić information content (AvgIpc) is 3.48. The number of aromatic nitrogens is 6. The predicted octanol–water partition coefficient (Wildman–Crippen LogP) is 16.5. The Balaban J connectivity index is 1.08. The monoisotopic (exact) mass is 935 g/mol. The Bertz CT molecular complexity index is 3430. The first-order valence-electron chi connectivity index (χ1n) is 24.3. The molecule has 12 aromatic rings. The van der Waals surface area contributed by atoms with Crippen LogP contribution in [0.1, 0.15) is 0 Å². The van der Waals surface area contributed by atoms with Crippen LogP contribution in [0.5, 0.6) is 0 Å². The van der Waals surface area contributed by atoms with E-state index in [1.807, 2.05) is 72.8 Å². The van der Waals surface area contributed by atoms with Gasteiger partial charge in [0.1, 0.15) is 0 Å². The van der Waals surface area contributed by atoms with Gasteiger partial charge in [-0.3, -0.25) is 15.0 Å². The number of hydrogen-bond acceptors (Lipinski definition) is 7. The Kier molecular flexibility index (Phi) is 12.2. The van der Waals surface area contributed by atoms with Crippen LogP contribution in [-0.2, 0) is 0 Å². The fourth-order valence-corrected chi connectivity index (χ4v) is 9.43. The zero-order valence-corrected chi connectivity index (χ0v) is 39.6. The van der Waals surface area contributed by atoms with Crippen LogP contribution in [0.4, 0.5) is 17.1 Å². The smallest absolute Gasteiger partial charge is 0.0893 e. The van der Waals surface area contributed by atoms with Crippen LogP contribution < -0.4 is 4.90 Å². The minimum absolute atomic E-state index is 0.810. The third-order valence-corrected chi connectivity index (χ3v) is 12.9. The molecule has 12 rings (SSSR count).